The number of benzene rings is 1. The fourth-order valence-corrected chi connectivity index (χ4v) is 3.52. The van der Waals surface area contributed by atoms with E-state index in [9.17, 15) is 8.78 Å². The Morgan fingerprint density at radius 2 is 1.83 bits per heavy atom. The van der Waals surface area contributed by atoms with E-state index in [0.29, 0.717) is 6.42 Å². The van der Waals surface area contributed by atoms with Crippen LogP contribution in [0.3, 0.4) is 0 Å². The molecule has 4 heteroatoms. The molecule has 1 aromatic heterocycles. The van der Waals surface area contributed by atoms with Crippen LogP contribution in [0.15, 0.2) is 24.3 Å². The van der Waals surface area contributed by atoms with Crippen molar-refractivity contribution in [3.05, 3.63) is 56.8 Å². The Hall–Kier alpha value is -0.740. The Balaban J connectivity index is 2.23. The highest BCUT2D eigenvalue weighted by Crippen LogP contribution is 2.35. The number of thiophene rings is 1. The lowest BCUT2D eigenvalue weighted by molar-refractivity contribution is 0.554. The highest BCUT2D eigenvalue weighted by atomic mass is 79.9. The summed E-state index contributed by atoms with van der Waals surface area (Å²) in [5.41, 5.74) is 1.36. The molecule has 0 aliphatic carbocycles. The second kappa shape index (κ2) is 5.49. The molecule has 0 aliphatic heterocycles. The second-order valence-electron chi connectivity index (χ2n) is 4.26. The maximum absolute atomic E-state index is 13.6. The zero-order valence-corrected chi connectivity index (χ0v) is 12.5. The van der Waals surface area contributed by atoms with E-state index in [1.54, 1.807) is 11.3 Å². The molecule has 0 N–H and O–H groups in total. The number of rotatable bonds is 3. The summed E-state index contributed by atoms with van der Waals surface area (Å²) in [5.74, 6) is -0.964. The van der Waals surface area contributed by atoms with Crippen LogP contribution in [0, 0.1) is 25.5 Å². The quantitative estimate of drug-likeness (QED) is 0.668. The van der Waals surface area contributed by atoms with E-state index in [2.05, 4.69) is 22.0 Å². The maximum atomic E-state index is 13.6. The lowest BCUT2D eigenvalue weighted by Gasteiger charge is -2.09. The molecule has 0 radical (unpaired) electrons. The van der Waals surface area contributed by atoms with Crippen molar-refractivity contribution in [2.75, 3.05) is 0 Å². The minimum absolute atomic E-state index is 0.0544. The van der Waals surface area contributed by atoms with Crippen molar-refractivity contribution in [1.29, 1.82) is 0 Å². The summed E-state index contributed by atoms with van der Waals surface area (Å²) in [6.45, 7) is 4.09. The summed E-state index contributed by atoms with van der Waals surface area (Å²) in [4.78, 5) is 2.29. The van der Waals surface area contributed by atoms with Crippen molar-refractivity contribution >= 4 is 27.3 Å². The first kappa shape index (κ1) is 13.7. The molecular formula is C14H13BrF2S. The van der Waals surface area contributed by atoms with Gasteiger partial charge in [0.1, 0.15) is 11.6 Å². The van der Waals surface area contributed by atoms with Gasteiger partial charge in [0.15, 0.2) is 0 Å². The minimum Gasteiger partial charge on any atom is -0.207 e. The van der Waals surface area contributed by atoms with Gasteiger partial charge in [0, 0.05) is 15.3 Å². The molecule has 2 aromatic rings. The fraction of sp³-hybridized carbons (Fsp3) is 0.286. The summed E-state index contributed by atoms with van der Waals surface area (Å²) in [6, 6.07) is 6.04. The molecule has 0 bridgehead atoms. The summed E-state index contributed by atoms with van der Waals surface area (Å²) in [7, 11) is 0. The summed E-state index contributed by atoms with van der Waals surface area (Å²) in [6.07, 6.45) is 0.317. The largest absolute Gasteiger partial charge is 0.207 e. The van der Waals surface area contributed by atoms with Gasteiger partial charge in [-0.2, -0.15) is 0 Å². The van der Waals surface area contributed by atoms with Crippen LogP contribution in [-0.2, 0) is 6.42 Å². The van der Waals surface area contributed by atoms with Crippen LogP contribution in [0.2, 0.25) is 0 Å². The Bertz CT molecular complexity index is 523. The predicted octanol–water partition coefficient (Wildman–Crippen LogP) is 5.32. The first-order valence-corrected chi connectivity index (χ1v) is 7.36. The van der Waals surface area contributed by atoms with Gasteiger partial charge in [-0.25, -0.2) is 8.78 Å². The molecule has 0 fully saturated rings. The molecule has 0 amide bonds. The van der Waals surface area contributed by atoms with Crippen LogP contribution >= 0.6 is 27.3 Å². The summed E-state index contributed by atoms with van der Waals surface area (Å²) in [5, 5.41) is 0. The van der Waals surface area contributed by atoms with E-state index < -0.39 is 11.6 Å². The highest BCUT2D eigenvalue weighted by Gasteiger charge is 2.17. The van der Waals surface area contributed by atoms with E-state index in [1.165, 1.54) is 28.6 Å². The third kappa shape index (κ3) is 2.81. The van der Waals surface area contributed by atoms with Gasteiger partial charge in [0.25, 0.3) is 0 Å². The smallest absolute Gasteiger partial charge is 0.129 e. The van der Waals surface area contributed by atoms with Gasteiger partial charge in [-0.3, -0.25) is 0 Å². The molecule has 1 atom stereocenters. The van der Waals surface area contributed by atoms with Crippen molar-refractivity contribution in [3.63, 3.8) is 0 Å². The molecular weight excluding hydrogens is 318 g/mol. The lowest BCUT2D eigenvalue weighted by atomic mass is 10.1. The number of halogens is 3. The molecule has 1 heterocycles. The Labute approximate surface area is 118 Å². The van der Waals surface area contributed by atoms with Crippen LogP contribution in [0.4, 0.5) is 8.78 Å². The van der Waals surface area contributed by atoms with Gasteiger partial charge in [0.05, 0.1) is 4.83 Å². The van der Waals surface area contributed by atoms with Crippen LogP contribution in [0.5, 0.6) is 0 Å². The minimum atomic E-state index is -0.482. The average molecular weight is 331 g/mol. The van der Waals surface area contributed by atoms with Crippen molar-refractivity contribution in [3.8, 4) is 0 Å². The van der Waals surface area contributed by atoms with E-state index in [1.807, 2.05) is 13.8 Å². The maximum Gasteiger partial charge on any atom is 0.129 e. The highest BCUT2D eigenvalue weighted by molar-refractivity contribution is 9.09. The molecule has 0 saturated carbocycles. The van der Waals surface area contributed by atoms with Crippen molar-refractivity contribution in [1.82, 2.24) is 0 Å². The predicted molar refractivity (Wildman–Crippen MR) is 75.5 cm³/mol. The second-order valence-corrected chi connectivity index (χ2v) is 6.65. The zero-order valence-electron chi connectivity index (χ0n) is 10.1. The van der Waals surface area contributed by atoms with Crippen LogP contribution in [0.25, 0.3) is 0 Å². The van der Waals surface area contributed by atoms with Crippen molar-refractivity contribution in [2.45, 2.75) is 25.1 Å². The van der Waals surface area contributed by atoms with E-state index in [0.717, 1.165) is 4.88 Å². The normalized spacial score (nSPS) is 12.7. The Morgan fingerprint density at radius 3 is 2.33 bits per heavy atom. The SMILES string of the molecule is Cc1cc(C(Br)Cc2c(F)cccc2F)sc1C. The van der Waals surface area contributed by atoms with Crippen LogP contribution in [-0.4, -0.2) is 0 Å². The van der Waals surface area contributed by atoms with E-state index >= 15 is 0 Å². The van der Waals surface area contributed by atoms with Crippen molar-refractivity contribution < 1.29 is 8.78 Å². The molecule has 0 saturated heterocycles. The lowest BCUT2D eigenvalue weighted by Crippen LogP contribution is -1.99. The standard InChI is InChI=1S/C14H13BrF2S/c1-8-6-14(18-9(8)2)11(15)7-10-12(16)4-3-5-13(10)17/h3-6,11H,7H2,1-2H3. The summed E-state index contributed by atoms with van der Waals surface area (Å²) >= 11 is 5.18. The van der Waals surface area contributed by atoms with Gasteiger partial charge in [-0.05, 0) is 44.0 Å². The molecule has 96 valence electrons. The topological polar surface area (TPSA) is 0 Å². The van der Waals surface area contributed by atoms with Gasteiger partial charge in [0.2, 0.25) is 0 Å². The third-order valence-corrected chi connectivity index (χ3v) is 5.33. The number of hydrogen-bond acceptors (Lipinski definition) is 1. The zero-order chi connectivity index (χ0) is 13.3. The first-order chi connectivity index (χ1) is 8.49. The van der Waals surface area contributed by atoms with Gasteiger partial charge < -0.3 is 0 Å². The van der Waals surface area contributed by atoms with Crippen LogP contribution < -0.4 is 0 Å². The van der Waals surface area contributed by atoms with E-state index in [4.69, 9.17) is 0 Å². The average Bonchev–Trinajstić information content (AvgIpc) is 2.64. The molecule has 1 aromatic carbocycles. The molecule has 2 rings (SSSR count). The van der Waals surface area contributed by atoms with E-state index in [-0.39, 0.29) is 10.4 Å². The molecule has 0 spiro atoms. The third-order valence-electron chi connectivity index (χ3n) is 2.94. The number of alkyl halides is 1. The molecule has 0 nitrogen and oxygen atoms in total. The molecule has 18 heavy (non-hydrogen) atoms. The summed E-state index contributed by atoms with van der Waals surface area (Å²) < 4.78 is 27.1. The van der Waals surface area contributed by atoms with Gasteiger partial charge in [-0.15, -0.1) is 11.3 Å². The van der Waals surface area contributed by atoms with Crippen molar-refractivity contribution in [2.24, 2.45) is 0 Å². The number of aryl methyl sites for hydroxylation is 2. The van der Waals surface area contributed by atoms with Crippen LogP contribution in [0.1, 0.15) is 25.7 Å². The van der Waals surface area contributed by atoms with Gasteiger partial charge in [-0.1, -0.05) is 22.0 Å². The number of hydrogen-bond donors (Lipinski definition) is 0. The molecule has 1 unspecified atom stereocenters. The monoisotopic (exact) mass is 330 g/mol. The Kier molecular flexibility index (Phi) is 4.17. The fourth-order valence-electron chi connectivity index (χ4n) is 1.76. The Morgan fingerprint density at radius 1 is 1.22 bits per heavy atom. The first-order valence-electron chi connectivity index (χ1n) is 5.63. The molecule has 0 aliphatic rings. The van der Waals surface area contributed by atoms with Gasteiger partial charge >= 0.3 is 0 Å².